The lowest BCUT2D eigenvalue weighted by molar-refractivity contribution is 0.0376. The van der Waals surface area contributed by atoms with Crippen LogP contribution in [0.15, 0.2) is 5.38 Å². The average Bonchev–Trinajstić information content (AvgIpc) is 2.78. The summed E-state index contributed by atoms with van der Waals surface area (Å²) in [7, 11) is 0. The fourth-order valence-electron chi connectivity index (χ4n) is 2.07. The Morgan fingerprint density at radius 3 is 2.78 bits per heavy atom. The van der Waals surface area contributed by atoms with E-state index in [9.17, 15) is 0 Å². The molecule has 0 aliphatic carbocycles. The molecule has 102 valence electrons. The Kier molecular flexibility index (Phi) is 4.72. The predicted octanol–water partition coefficient (Wildman–Crippen LogP) is 1.61. The summed E-state index contributed by atoms with van der Waals surface area (Å²) in [5, 5.41) is 6.88. The number of hydrogen-bond acceptors (Lipinski definition) is 5. The van der Waals surface area contributed by atoms with Crippen molar-refractivity contribution in [3.8, 4) is 0 Å². The van der Waals surface area contributed by atoms with Crippen LogP contribution >= 0.6 is 11.3 Å². The first-order valence-electron chi connectivity index (χ1n) is 6.56. The van der Waals surface area contributed by atoms with Crippen LogP contribution in [0.3, 0.4) is 0 Å². The molecule has 0 amide bonds. The van der Waals surface area contributed by atoms with E-state index in [2.05, 4.69) is 34.4 Å². The summed E-state index contributed by atoms with van der Waals surface area (Å²) in [6, 6.07) is 0. The molecule has 2 rings (SSSR count). The molecule has 2 heterocycles. The third kappa shape index (κ3) is 3.75. The highest BCUT2D eigenvalue weighted by Gasteiger charge is 2.23. The SMILES string of the molecule is Cc1csc(C(C)(C)NCCN2CCOCC2)n1. The number of ether oxygens (including phenoxy) is 1. The van der Waals surface area contributed by atoms with Crippen molar-refractivity contribution in [3.63, 3.8) is 0 Å². The van der Waals surface area contributed by atoms with E-state index in [1.807, 2.05) is 6.92 Å². The molecule has 5 heteroatoms. The molecule has 1 aliphatic heterocycles. The van der Waals surface area contributed by atoms with Gasteiger partial charge in [0.1, 0.15) is 5.01 Å². The standard InChI is InChI=1S/C13H23N3OS/c1-11-10-18-12(15-11)13(2,3)14-4-5-16-6-8-17-9-7-16/h10,14H,4-9H2,1-3H3. The van der Waals surface area contributed by atoms with E-state index in [1.165, 1.54) is 5.01 Å². The molecule has 18 heavy (non-hydrogen) atoms. The summed E-state index contributed by atoms with van der Waals surface area (Å²) in [6.45, 7) is 12.4. The summed E-state index contributed by atoms with van der Waals surface area (Å²) in [5.74, 6) is 0. The van der Waals surface area contributed by atoms with Crippen molar-refractivity contribution in [2.45, 2.75) is 26.3 Å². The maximum atomic E-state index is 5.35. The number of thiazole rings is 1. The van der Waals surface area contributed by atoms with Crippen LogP contribution < -0.4 is 5.32 Å². The first-order chi connectivity index (χ1) is 8.58. The van der Waals surface area contributed by atoms with Crippen LogP contribution in [0, 0.1) is 6.92 Å². The van der Waals surface area contributed by atoms with Crippen molar-refractivity contribution in [2.24, 2.45) is 0 Å². The van der Waals surface area contributed by atoms with Gasteiger partial charge in [0.25, 0.3) is 0 Å². The molecular formula is C13H23N3OS. The van der Waals surface area contributed by atoms with Crippen molar-refractivity contribution >= 4 is 11.3 Å². The molecule has 0 atom stereocenters. The van der Waals surface area contributed by atoms with Crippen LogP contribution in [0.5, 0.6) is 0 Å². The summed E-state index contributed by atoms with van der Waals surface area (Å²) >= 11 is 1.74. The molecule has 1 aromatic heterocycles. The second kappa shape index (κ2) is 6.10. The Hall–Kier alpha value is -0.490. The number of rotatable bonds is 5. The molecule has 0 saturated carbocycles. The molecule has 1 saturated heterocycles. The molecule has 0 bridgehead atoms. The quantitative estimate of drug-likeness (QED) is 0.881. The maximum Gasteiger partial charge on any atom is 0.112 e. The van der Waals surface area contributed by atoms with Gasteiger partial charge in [-0.05, 0) is 20.8 Å². The van der Waals surface area contributed by atoms with Gasteiger partial charge in [0, 0.05) is 37.3 Å². The molecule has 0 unspecified atom stereocenters. The fourth-order valence-corrected chi connectivity index (χ4v) is 2.97. The molecule has 0 aromatic carbocycles. The van der Waals surface area contributed by atoms with Crippen LogP contribution in [0.1, 0.15) is 24.5 Å². The van der Waals surface area contributed by atoms with Crippen LogP contribution in [0.4, 0.5) is 0 Å². The van der Waals surface area contributed by atoms with Crippen LogP contribution in [-0.2, 0) is 10.3 Å². The summed E-state index contributed by atoms with van der Waals surface area (Å²) in [5.41, 5.74) is 1.07. The lowest BCUT2D eigenvalue weighted by Crippen LogP contribution is -2.44. The number of aryl methyl sites for hydroxylation is 1. The van der Waals surface area contributed by atoms with Gasteiger partial charge in [0.15, 0.2) is 0 Å². The van der Waals surface area contributed by atoms with Gasteiger partial charge < -0.3 is 10.1 Å². The van der Waals surface area contributed by atoms with E-state index in [-0.39, 0.29) is 5.54 Å². The van der Waals surface area contributed by atoms with Crippen LogP contribution in [0.25, 0.3) is 0 Å². The highest BCUT2D eigenvalue weighted by molar-refractivity contribution is 7.09. The van der Waals surface area contributed by atoms with Crippen molar-refractivity contribution < 1.29 is 4.74 Å². The minimum absolute atomic E-state index is 0.0365. The zero-order valence-corrected chi connectivity index (χ0v) is 12.3. The largest absolute Gasteiger partial charge is 0.379 e. The Morgan fingerprint density at radius 2 is 2.17 bits per heavy atom. The molecule has 1 aromatic rings. The van der Waals surface area contributed by atoms with E-state index < -0.39 is 0 Å². The highest BCUT2D eigenvalue weighted by Crippen LogP contribution is 2.23. The second-order valence-electron chi connectivity index (χ2n) is 5.30. The van der Waals surface area contributed by atoms with Crippen molar-refractivity contribution in [1.82, 2.24) is 15.2 Å². The van der Waals surface area contributed by atoms with E-state index in [1.54, 1.807) is 11.3 Å². The van der Waals surface area contributed by atoms with Gasteiger partial charge in [0.2, 0.25) is 0 Å². The van der Waals surface area contributed by atoms with Gasteiger partial charge >= 0.3 is 0 Å². The van der Waals surface area contributed by atoms with Crippen molar-refractivity contribution in [3.05, 3.63) is 16.1 Å². The van der Waals surface area contributed by atoms with Gasteiger partial charge in [-0.2, -0.15) is 0 Å². The predicted molar refractivity (Wildman–Crippen MR) is 75.1 cm³/mol. The Bertz CT molecular complexity index is 372. The Balaban J connectivity index is 1.78. The lowest BCUT2D eigenvalue weighted by Gasteiger charge is -2.29. The van der Waals surface area contributed by atoms with E-state index in [0.717, 1.165) is 45.1 Å². The lowest BCUT2D eigenvalue weighted by atomic mass is 10.1. The summed E-state index contributed by atoms with van der Waals surface area (Å²) in [6.07, 6.45) is 0. The molecular weight excluding hydrogens is 246 g/mol. The monoisotopic (exact) mass is 269 g/mol. The minimum Gasteiger partial charge on any atom is -0.379 e. The van der Waals surface area contributed by atoms with E-state index in [0.29, 0.717) is 0 Å². The van der Waals surface area contributed by atoms with Crippen LogP contribution in [-0.4, -0.2) is 49.3 Å². The number of hydrogen-bond donors (Lipinski definition) is 1. The Morgan fingerprint density at radius 1 is 1.44 bits per heavy atom. The summed E-state index contributed by atoms with van der Waals surface area (Å²) in [4.78, 5) is 7.01. The first kappa shape index (κ1) is 13.9. The highest BCUT2D eigenvalue weighted by atomic mass is 32.1. The van der Waals surface area contributed by atoms with Crippen LogP contribution in [0.2, 0.25) is 0 Å². The number of nitrogens with one attached hydrogen (secondary N) is 1. The third-order valence-corrected chi connectivity index (χ3v) is 4.54. The van der Waals surface area contributed by atoms with E-state index >= 15 is 0 Å². The zero-order valence-electron chi connectivity index (χ0n) is 11.5. The summed E-state index contributed by atoms with van der Waals surface area (Å²) < 4.78 is 5.35. The topological polar surface area (TPSA) is 37.4 Å². The minimum atomic E-state index is -0.0365. The van der Waals surface area contributed by atoms with Crippen molar-refractivity contribution in [1.29, 1.82) is 0 Å². The van der Waals surface area contributed by atoms with Crippen molar-refractivity contribution in [2.75, 3.05) is 39.4 Å². The normalized spacial score (nSPS) is 18.2. The van der Waals surface area contributed by atoms with E-state index in [4.69, 9.17) is 4.74 Å². The second-order valence-corrected chi connectivity index (χ2v) is 6.16. The average molecular weight is 269 g/mol. The van der Waals surface area contributed by atoms with Gasteiger partial charge in [0.05, 0.1) is 18.8 Å². The maximum absolute atomic E-state index is 5.35. The van der Waals surface area contributed by atoms with Gasteiger partial charge in [-0.15, -0.1) is 11.3 Å². The molecule has 1 aliphatic rings. The smallest absolute Gasteiger partial charge is 0.112 e. The zero-order chi connectivity index (χ0) is 13.0. The van der Waals surface area contributed by atoms with Gasteiger partial charge in [-0.25, -0.2) is 4.98 Å². The third-order valence-electron chi connectivity index (χ3n) is 3.25. The van der Waals surface area contributed by atoms with Gasteiger partial charge in [-0.1, -0.05) is 0 Å². The first-order valence-corrected chi connectivity index (χ1v) is 7.43. The number of aromatic nitrogens is 1. The molecule has 1 N–H and O–H groups in total. The molecule has 0 radical (unpaired) electrons. The molecule has 4 nitrogen and oxygen atoms in total. The molecule has 0 spiro atoms. The van der Waals surface area contributed by atoms with Gasteiger partial charge in [-0.3, -0.25) is 4.90 Å². The number of morpholine rings is 1. The Labute approximate surface area is 113 Å². The number of nitrogens with zero attached hydrogens (tertiary/aromatic N) is 2. The fraction of sp³-hybridized carbons (Fsp3) is 0.769. The molecule has 1 fully saturated rings.